The van der Waals surface area contributed by atoms with E-state index in [1.165, 1.54) is 34.2 Å². The average Bonchev–Trinajstić information content (AvgIpc) is 3.11. The summed E-state index contributed by atoms with van der Waals surface area (Å²) in [7, 11) is 0. The fraction of sp³-hybridized carbons (Fsp3) is 0.0769. The summed E-state index contributed by atoms with van der Waals surface area (Å²) in [5.41, 5.74) is 0.207. The number of hydrogen-bond acceptors (Lipinski definition) is 6. The summed E-state index contributed by atoms with van der Waals surface area (Å²) in [5.74, 6) is 0.651. The molecule has 21 heavy (non-hydrogen) atoms. The maximum absolute atomic E-state index is 11.7. The van der Waals surface area contributed by atoms with Crippen LogP contribution in [0.4, 0.5) is 5.69 Å². The molecule has 0 aliphatic rings. The second-order valence-electron chi connectivity index (χ2n) is 4.23. The van der Waals surface area contributed by atoms with Gasteiger partial charge in [-0.3, -0.25) is 14.9 Å². The van der Waals surface area contributed by atoms with Crippen LogP contribution in [0.25, 0.3) is 10.8 Å². The second kappa shape index (κ2) is 5.33. The van der Waals surface area contributed by atoms with Crippen LogP contribution in [-0.2, 0) is 6.54 Å². The Bertz CT molecular complexity index is 835. The summed E-state index contributed by atoms with van der Waals surface area (Å²) < 4.78 is 6.51. The molecule has 8 heteroatoms. The van der Waals surface area contributed by atoms with E-state index in [0.29, 0.717) is 16.5 Å². The first-order valence-corrected chi connectivity index (χ1v) is 6.84. The first-order valence-electron chi connectivity index (χ1n) is 5.96. The summed E-state index contributed by atoms with van der Waals surface area (Å²) in [5, 5.41) is 13.2. The second-order valence-corrected chi connectivity index (χ2v) is 5.09. The molecule has 0 saturated carbocycles. The number of thiazole rings is 1. The van der Waals surface area contributed by atoms with E-state index in [9.17, 15) is 14.9 Å². The molecule has 0 N–H and O–H groups in total. The molecule has 0 spiro atoms. The van der Waals surface area contributed by atoms with Crippen LogP contribution < -0.4 is 5.56 Å². The molecule has 0 aromatic carbocycles. The SMILES string of the molecule is O=c1ccc([N+](=O)[O-])cn1Cc1csc(-c2ccco2)n1. The maximum Gasteiger partial charge on any atom is 0.285 e. The molecule has 0 aliphatic heterocycles. The number of pyridine rings is 1. The van der Waals surface area contributed by atoms with Gasteiger partial charge in [-0.15, -0.1) is 11.3 Å². The third-order valence-corrected chi connectivity index (χ3v) is 3.70. The third kappa shape index (κ3) is 2.75. The molecule has 3 aromatic rings. The molecule has 0 radical (unpaired) electrons. The third-order valence-electron chi connectivity index (χ3n) is 2.79. The largest absolute Gasteiger partial charge is 0.462 e. The fourth-order valence-corrected chi connectivity index (χ4v) is 2.60. The molecule has 3 aromatic heterocycles. The van der Waals surface area contributed by atoms with Gasteiger partial charge in [0.05, 0.1) is 29.6 Å². The highest BCUT2D eigenvalue weighted by molar-refractivity contribution is 7.13. The molecule has 0 bridgehead atoms. The van der Waals surface area contributed by atoms with Crippen molar-refractivity contribution in [3.05, 3.63) is 68.3 Å². The lowest BCUT2D eigenvalue weighted by Crippen LogP contribution is -2.19. The van der Waals surface area contributed by atoms with Crippen LogP contribution in [-0.4, -0.2) is 14.5 Å². The number of nitro groups is 1. The Balaban J connectivity index is 1.89. The summed E-state index contributed by atoms with van der Waals surface area (Å²) in [6.45, 7) is 0.178. The normalized spacial score (nSPS) is 10.7. The van der Waals surface area contributed by atoms with E-state index in [0.717, 1.165) is 0 Å². The Morgan fingerprint density at radius 2 is 2.24 bits per heavy atom. The van der Waals surface area contributed by atoms with Crippen LogP contribution in [0, 0.1) is 10.1 Å². The van der Waals surface area contributed by atoms with Crippen molar-refractivity contribution in [3.8, 4) is 10.8 Å². The molecule has 0 unspecified atom stereocenters. The predicted octanol–water partition coefficient (Wildman–Crippen LogP) is 2.52. The molecule has 0 fully saturated rings. The molecule has 106 valence electrons. The topological polar surface area (TPSA) is 91.2 Å². The molecule has 0 atom stereocenters. The van der Waals surface area contributed by atoms with Crippen molar-refractivity contribution in [1.29, 1.82) is 0 Å². The monoisotopic (exact) mass is 303 g/mol. The summed E-state index contributed by atoms with van der Waals surface area (Å²) in [6.07, 6.45) is 2.77. The predicted molar refractivity (Wildman–Crippen MR) is 76.3 cm³/mol. The molecular formula is C13H9N3O4S. The Hall–Kier alpha value is -2.74. The lowest BCUT2D eigenvalue weighted by atomic mass is 10.4. The molecule has 7 nitrogen and oxygen atoms in total. The maximum atomic E-state index is 11.7. The highest BCUT2D eigenvalue weighted by Crippen LogP contribution is 2.24. The number of furan rings is 1. The van der Waals surface area contributed by atoms with Crippen molar-refractivity contribution in [3.63, 3.8) is 0 Å². The van der Waals surface area contributed by atoms with Crippen LogP contribution in [0.15, 0.2) is 51.3 Å². The Morgan fingerprint density at radius 3 is 2.95 bits per heavy atom. The standard InChI is InChI=1S/C13H9N3O4S/c17-12-4-3-10(16(18)19)7-15(12)6-9-8-21-13(14-9)11-2-1-5-20-11/h1-5,7-8H,6H2. The first kappa shape index (κ1) is 13.3. The van der Waals surface area contributed by atoms with E-state index in [2.05, 4.69) is 4.98 Å². The van der Waals surface area contributed by atoms with Gasteiger partial charge in [0.1, 0.15) is 0 Å². The Morgan fingerprint density at radius 1 is 1.38 bits per heavy atom. The van der Waals surface area contributed by atoms with E-state index in [1.807, 2.05) is 0 Å². The highest BCUT2D eigenvalue weighted by atomic mass is 32.1. The van der Waals surface area contributed by atoms with E-state index in [4.69, 9.17) is 4.42 Å². The summed E-state index contributed by atoms with van der Waals surface area (Å²) in [4.78, 5) is 26.3. The van der Waals surface area contributed by atoms with Gasteiger partial charge in [0, 0.05) is 17.5 Å². The molecule has 3 heterocycles. The number of rotatable bonds is 4. The number of nitrogens with zero attached hydrogens (tertiary/aromatic N) is 3. The van der Waals surface area contributed by atoms with Crippen LogP contribution in [0.1, 0.15) is 5.69 Å². The van der Waals surface area contributed by atoms with Crippen LogP contribution in [0.3, 0.4) is 0 Å². The van der Waals surface area contributed by atoms with Gasteiger partial charge < -0.3 is 8.98 Å². The minimum Gasteiger partial charge on any atom is -0.462 e. The van der Waals surface area contributed by atoms with E-state index in [1.54, 1.807) is 23.8 Å². The molecule has 0 amide bonds. The van der Waals surface area contributed by atoms with Crippen molar-refractivity contribution >= 4 is 17.0 Å². The van der Waals surface area contributed by atoms with Gasteiger partial charge in [-0.05, 0) is 12.1 Å². The zero-order valence-electron chi connectivity index (χ0n) is 10.6. The van der Waals surface area contributed by atoms with Gasteiger partial charge in [0.2, 0.25) is 0 Å². The highest BCUT2D eigenvalue weighted by Gasteiger charge is 2.11. The van der Waals surface area contributed by atoms with Gasteiger partial charge in [-0.2, -0.15) is 0 Å². The molecule has 0 saturated heterocycles. The molecular weight excluding hydrogens is 294 g/mol. The van der Waals surface area contributed by atoms with Crippen LogP contribution >= 0.6 is 11.3 Å². The smallest absolute Gasteiger partial charge is 0.285 e. The number of hydrogen-bond donors (Lipinski definition) is 0. The minimum absolute atomic E-state index is 0.129. The van der Waals surface area contributed by atoms with Crippen molar-refractivity contribution in [2.75, 3.05) is 0 Å². The van der Waals surface area contributed by atoms with Crippen molar-refractivity contribution in [2.24, 2.45) is 0 Å². The van der Waals surface area contributed by atoms with Crippen molar-refractivity contribution in [1.82, 2.24) is 9.55 Å². The number of aromatic nitrogens is 2. The quantitative estimate of drug-likeness (QED) is 0.545. The lowest BCUT2D eigenvalue weighted by molar-refractivity contribution is -0.385. The van der Waals surface area contributed by atoms with E-state index in [-0.39, 0.29) is 17.8 Å². The molecule has 0 aliphatic carbocycles. The van der Waals surface area contributed by atoms with Crippen LogP contribution in [0.5, 0.6) is 0 Å². The first-order chi connectivity index (χ1) is 10.1. The van der Waals surface area contributed by atoms with Crippen molar-refractivity contribution in [2.45, 2.75) is 6.54 Å². The van der Waals surface area contributed by atoms with Crippen LogP contribution in [0.2, 0.25) is 0 Å². The summed E-state index contributed by atoms with van der Waals surface area (Å²) in [6, 6.07) is 5.93. The van der Waals surface area contributed by atoms with E-state index < -0.39 is 4.92 Å². The fourth-order valence-electron chi connectivity index (χ4n) is 1.82. The zero-order chi connectivity index (χ0) is 14.8. The van der Waals surface area contributed by atoms with Gasteiger partial charge in [0.15, 0.2) is 10.8 Å². The van der Waals surface area contributed by atoms with E-state index >= 15 is 0 Å². The van der Waals surface area contributed by atoms with Gasteiger partial charge in [-0.25, -0.2) is 4.98 Å². The van der Waals surface area contributed by atoms with Gasteiger partial charge in [0.25, 0.3) is 11.2 Å². The average molecular weight is 303 g/mol. The van der Waals surface area contributed by atoms with Crippen molar-refractivity contribution < 1.29 is 9.34 Å². The zero-order valence-corrected chi connectivity index (χ0v) is 11.4. The summed E-state index contributed by atoms with van der Waals surface area (Å²) >= 11 is 1.39. The lowest BCUT2D eigenvalue weighted by Gasteiger charge is -2.02. The Kier molecular flexibility index (Phi) is 3.36. The van der Waals surface area contributed by atoms with Gasteiger partial charge >= 0.3 is 0 Å². The Labute approximate surface area is 122 Å². The molecule has 3 rings (SSSR count). The minimum atomic E-state index is -0.536. The van der Waals surface area contributed by atoms with Gasteiger partial charge in [-0.1, -0.05) is 0 Å².